The van der Waals surface area contributed by atoms with Gasteiger partial charge in [-0.3, -0.25) is 4.18 Å². The highest BCUT2D eigenvalue weighted by molar-refractivity contribution is 7.86. The summed E-state index contributed by atoms with van der Waals surface area (Å²) < 4.78 is 29.9. The lowest BCUT2D eigenvalue weighted by molar-refractivity contribution is -0.0325. The number of hydrogen-bond acceptors (Lipinski definition) is 4. The van der Waals surface area contributed by atoms with E-state index in [-0.39, 0.29) is 17.4 Å². The molecule has 2 aromatic carbocycles. The van der Waals surface area contributed by atoms with E-state index in [1.807, 2.05) is 37.3 Å². The lowest BCUT2D eigenvalue weighted by Gasteiger charge is -2.40. The molecule has 4 nitrogen and oxygen atoms in total. The van der Waals surface area contributed by atoms with Gasteiger partial charge in [0.1, 0.15) is 0 Å². The van der Waals surface area contributed by atoms with Crippen molar-refractivity contribution in [3.63, 3.8) is 0 Å². The minimum Gasteiger partial charge on any atom is -0.389 e. The molecule has 0 bridgehead atoms. The summed E-state index contributed by atoms with van der Waals surface area (Å²) in [4.78, 5) is 0.151. The van der Waals surface area contributed by atoms with Gasteiger partial charge in [-0.15, -0.1) is 0 Å². The molecule has 1 aliphatic carbocycles. The first-order valence-electron chi connectivity index (χ1n) is 9.14. The van der Waals surface area contributed by atoms with Crippen molar-refractivity contribution in [2.24, 2.45) is 0 Å². The molecule has 3 rings (SSSR count). The molecule has 1 saturated carbocycles. The first-order chi connectivity index (χ1) is 12.4. The van der Waals surface area contributed by atoms with Gasteiger partial charge in [-0.2, -0.15) is 8.42 Å². The Kier molecular flexibility index (Phi) is 5.80. The minimum atomic E-state index is -3.80. The van der Waals surface area contributed by atoms with Crippen LogP contribution >= 0.6 is 0 Å². The van der Waals surface area contributed by atoms with Crippen LogP contribution in [-0.4, -0.2) is 25.7 Å². The largest absolute Gasteiger partial charge is 0.389 e. The van der Waals surface area contributed by atoms with Crippen molar-refractivity contribution in [2.45, 2.75) is 55.4 Å². The number of benzene rings is 2. The average Bonchev–Trinajstić information content (AvgIpc) is 2.63. The van der Waals surface area contributed by atoms with Crippen molar-refractivity contribution in [1.29, 1.82) is 0 Å². The van der Waals surface area contributed by atoms with E-state index >= 15 is 0 Å². The average molecular weight is 375 g/mol. The van der Waals surface area contributed by atoms with Gasteiger partial charge in [0.15, 0.2) is 0 Å². The third kappa shape index (κ3) is 4.34. The Hall–Kier alpha value is -1.69. The zero-order valence-electron chi connectivity index (χ0n) is 15.1. The molecular weight excluding hydrogens is 348 g/mol. The van der Waals surface area contributed by atoms with Crippen molar-refractivity contribution >= 4 is 10.1 Å². The third-order valence-corrected chi connectivity index (χ3v) is 6.61. The quantitative estimate of drug-likeness (QED) is 0.771. The Morgan fingerprint density at radius 2 is 1.77 bits per heavy atom. The zero-order valence-corrected chi connectivity index (χ0v) is 15.9. The van der Waals surface area contributed by atoms with Gasteiger partial charge in [-0.25, -0.2) is 0 Å². The Labute approximate surface area is 156 Å². The van der Waals surface area contributed by atoms with E-state index in [1.165, 1.54) is 0 Å². The van der Waals surface area contributed by atoms with Crippen LogP contribution in [0.15, 0.2) is 59.5 Å². The number of aliphatic hydroxyl groups is 1. The first-order valence-corrected chi connectivity index (χ1v) is 10.5. The van der Waals surface area contributed by atoms with Gasteiger partial charge in [0, 0.05) is 12.3 Å². The van der Waals surface area contributed by atoms with Crippen molar-refractivity contribution in [2.75, 3.05) is 6.61 Å². The Morgan fingerprint density at radius 3 is 2.46 bits per heavy atom. The molecule has 1 N–H and O–H groups in total. The summed E-state index contributed by atoms with van der Waals surface area (Å²) in [6, 6.07) is 16.6. The van der Waals surface area contributed by atoms with Gasteiger partial charge in [-0.1, -0.05) is 60.9 Å². The van der Waals surface area contributed by atoms with Crippen LogP contribution in [-0.2, 0) is 14.3 Å². The molecule has 0 radical (unpaired) electrons. The first kappa shape index (κ1) is 19.1. The summed E-state index contributed by atoms with van der Waals surface area (Å²) in [6.45, 7) is 1.88. The van der Waals surface area contributed by atoms with Crippen LogP contribution in [0.25, 0.3) is 0 Å². The molecular formula is C21H26O4S. The molecule has 1 fully saturated rings. The summed E-state index contributed by atoms with van der Waals surface area (Å²) in [5.74, 6) is 0.0168. The molecule has 0 spiro atoms. The minimum absolute atomic E-state index is 0.0168. The summed E-state index contributed by atoms with van der Waals surface area (Å²) in [5.41, 5.74) is 1.17. The highest BCUT2D eigenvalue weighted by atomic mass is 32.2. The molecule has 0 amide bonds. The molecule has 0 aromatic heterocycles. The predicted molar refractivity (Wildman–Crippen MR) is 102 cm³/mol. The van der Waals surface area contributed by atoms with E-state index in [1.54, 1.807) is 24.3 Å². The van der Waals surface area contributed by atoms with Gasteiger partial charge < -0.3 is 5.11 Å². The molecule has 26 heavy (non-hydrogen) atoms. The summed E-state index contributed by atoms with van der Waals surface area (Å²) in [7, 11) is -3.80. The fourth-order valence-electron chi connectivity index (χ4n) is 3.79. The fourth-order valence-corrected chi connectivity index (χ4v) is 4.69. The van der Waals surface area contributed by atoms with Crippen LogP contribution < -0.4 is 0 Å². The number of rotatable bonds is 6. The SMILES string of the molecule is Cc1ccc(S(=O)(=O)OCCC2(O)CCCCC2c2ccccc2)cc1. The number of hydrogen-bond donors (Lipinski definition) is 1. The van der Waals surface area contributed by atoms with Gasteiger partial charge in [0.05, 0.1) is 17.1 Å². The zero-order chi connectivity index (χ0) is 18.6. The smallest absolute Gasteiger partial charge is 0.296 e. The Morgan fingerprint density at radius 1 is 1.08 bits per heavy atom. The maximum atomic E-state index is 12.3. The second kappa shape index (κ2) is 7.91. The standard InChI is InChI=1S/C21H26O4S/c1-17-10-12-19(13-11-17)26(23,24)25-16-15-21(22)14-6-5-9-20(21)18-7-3-2-4-8-18/h2-4,7-8,10-13,20,22H,5-6,9,14-16H2,1H3. The molecule has 0 heterocycles. The molecule has 140 valence electrons. The van der Waals surface area contributed by atoms with Crippen LogP contribution in [0, 0.1) is 6.92 Å². The Balaban J connectivity index is 1.68. The second-order valence-electron chi connectivity index (χ2n) is 7.15. The lowest BCUT2D eigenvalue weighted by Crippen LogP contribution is -2.40. The van der Waals surface area contributed by atoms with Crippen molar-refractivity contribution in [3.05, 3.63) is 65.7 Å². The van der Waals surface area contributed by atoms with Gasteiger partial charge in [0.25, 0.3) is 10.1 Å². The lowest BCUT2D eigenvalue weighted by atomic mass is 9.70. The molecule has 2 aromatic rings. The van der Waals surface area contributed by atoms with Gasteiger partial charge >= 0.3 is 0 Å². The topological polar surface area (TPSA) is 63.6 Å². The summed E-state index contributed by atoms with van der Waals surface area (Å²) >= 11 is 0. The number of aryl methyl sites for hydroxylation is 1. The van der Waals surface area contributed by atoms with Crippen LogP contribution in [0.1, 0.15) is 49.1 Å². The van der Waals surface area contributed by atoms with Gasteiger partial charge in [0.2, 0.25) is 0 Å². The van der Waals surface area contributed by atoms with Crippen molar-refractivity contribution in [1.82, 2.24) is 0 Å². The highest BCUT2D eigenvalue weighted by Gasteiger charge is 2.39. The molecule has 2 unspecified atom stereocenters. The van der Waals surface area contributed by atoms with E-state index in [9.17, 15) is 13.5 Å². The monoisotopic (exact) mass is 374 g/mol. The predicted octanol–water partition coefficient (Wildman–Crippen LogP) is 4.18. The third-order valence-electron chi connectivity index (χ3n) is 5.29. The van der Waals surface area contributed by atoms with Crippen molar-refractivity contribution in [3.8, 4) is 0 Å². The van der Waals surface area contributed by atoms with Crippen LogP contribution in [0.3, 0.4) is 0 Å². The second-order valence-corrected chi connectivity index (χ2v) is 8.77. The van der Waals surface area contributed by atoms with Crippen LogP contribution in [0.2, 0.25) is 0 Å². The molecule has 0 saturated heterocycles. The molecule has 5 heteroatoms. The van der Waals surface area contributed by atoms with E-state index in [2.05, 4.69) is 0 Å². The highest BCUT2D eigenvalue weighted by Crippen LogP contribution is 2.43. The van der Waals surface area contributed by atoms with E-state index in [4.69, 9.17) is 4.18 Å². The summed E-state index contributed by atoms with van der Waals surface area (Å²) in [6.07, 6.45) is 3.90. The fraction of sp³-hybridized carbons (Fsp3) is 0.429. The van der Waals surface area contributed by atoms with E-state index < -0.39 is 15.7 Å². The maximum Gasteiger partial charge on any atom is 0.296 e. The van der Waals surface area contributed by atoms with E-state index in [0.717, 1.165) is 30.4 Å². The maximum absolute atomic E-state index is 12.3. The van der Waals surface area contributed by atoms with Crippen molar-refractivity contribution < 1.29 is 17.7 Å². The van der Waals surface area contributed by atoms with Gasteiger partial charge in [-0.05, 0) is 37.5 Å². The summed E-state index contributed by atoms with van der Waals surface area (Å²) in [5, 5.41) is 11.2. The normalized spacial score (nSPS) is 23.7. The van der Waals surface area contributed by atoms with E-state index in [0.29, 0.717) is 12.8 Å². The van der Waals surface area contributed by atoms with Crippen LogP contribution in [0.4, 0.5) is 0 Å². The molecule has 2 atom stereocenters. The van der Waals surface area contributed by atoms with Crippen LogP contribution in [0.5, 0.6) is 0 Å². The molecule has 0 aliphatic heterocycles. The Bertz CT molecular complexity index is 815. The molecule has 1 aliphatic rings.